The van der Waals surface area contributed by atoms with Crippen LogP contribution in [-0.4, -0.2) is 81.0 Å². The molecule has 2 fully saturated rings. The Kier molecular flexibility index (Phi) is 4.25. The Morgan fingerprint density at radius 2 is 2.06 bits per heavy atom. The third-order valence-electron chi connectivity index (χ3n) is 3.53. The number of nitrogens with zero attached hydrogens (tertiary/aromatic N) is 1. The minimum Gasteiger partial charge on any atom is -0.388 e. The van der Waals surface area contributed by atoms with E-state index in [9.17, 15) is 5.11 Å². The highest BCUT2D eigenvalue weighted by Crippen LogP contribution is 2.28. The van der Waals surface area contributed by atoms with Crippen LogP contribution in [0.15, 0.2) is 0 Å². The molecule has 0 aromatic heterocycles. The van der Waals surface area contributed by atoms with Crippen molar-refractivity contribution in [2.24, 2.45) is 0 Å². The first kappa shape index (κ1) is 13.8. The topological polar surface area (TPSA) is 47.9 Å². The molecule has 18 heavy (non-hydrogen) atoms. The zero-order valence-corrected chi connectivity index (χ0v) is 11.0. The molecule has 0 spiro atoms. The molecule has 1 N–H and O–H groups in total. The van der Waals surface area contributed by atoms with E-state index in [0.29, 0.717) is 26.4 Å². The van der Waals surface area contributed by atoms with Crippen LogP contribution in [0.2, 0.25) is 0 Å². The van der Waals surface area contributed by atoms with Crippen molar-refractivity contribution < 1.29 is 23.8 Å². The quantitative estimate of drug-likeness (QED) is 0.519. The van der Waals surface area contributed by atoms with E-state index in [2.05, 4.69) is 20.0 Å². The highest BCUT2D eigenvalue weighted by atomic mass is 16.6. The van der Waals surface area contributed by atoms with Crippen LogP contribution < -0.4 is 0 Å². The van der Waals surface area contributed by atoms with Crippen molar-refractivity contribution in [3.8, 4) is 12.3 Å². The van der Waals surface area contributed by atoms with Gasteiger partial charge in [0.1, 0.15) is 37.5 Å². The van der Waals surface area contributed by atoms with Crippen LogP contribution in [0, 0.1) is 12.3 Å². The molecule has 2 saturated heterocycles. The number of hydrogen-bond donors (Lipinski definition) is 1. The molecule has 5 nitrogen and oxygen atoms in total. The van der Waals surface area contributed by atoms with Gasteiger partial charge in [0.2, 0.25) is 0 Å². The number of quaternary nitrogens is 1. The van der Waals surface area contributed by atoms with E-state index in [0.717, 1.165) is 11.0 Å². The zero-order chi connectivity index (χ0) is 13.2. The monoisotopic (exact) mass is 256 g/mol. The van der Waals surface area contributed by atoms with Gasteiger partial charge in [-0.25, -0.2) is 0 Å². The average molecular weight is 256 g/mol. The third kappa shape index (κ3) is 3.02. The summed E-state index contributed by atoms with van der Waals surface area (Å²) in [7, 11) is 4.15. The molecule has 0 bridgehead atoms. The summed E-state index contributed by atoms with van der Waals surface area (Å²) in [5.74, 6) is 2.66. The Hall–Kier alpha value is -0.640. The smallest absolute Gasteiger partial charge is 0.140 e. The summed E-state index contributed by atoms with van der Waals surface area (Å²) in [6, 6.07) is 0. The van der Waals surface area contributed by atoms with Crippen LogP contribution in [0.1, 0.15) is 0 Å². The fraction of sp³-hybridized carbons (Fsp3) is 0.846. The predicted octanol–water partition coefficient (Wildman–Crippen LogP) is -0.760. The molecule has 2 aliphatic heterocycles. The highest BCUT2D eigenvalue weighted by Gasteiger charge is 2.47. The second-order valence-corrected chi connectivity index (χ2v) is 5.59. The van der Waals surface area contributed by atoms with Crippen molar-refractivity contribution in [2.75, 3.05) is 47.0 Å². The van der Waals surface area contributed by atoms with E-state index < -0.39 is 6.10 Å². The van der Waals surface area contributed by atoms with Gasteiger partial charge in [-0.2, -0.15) is 0 Å². The minimum atomic E-state index is -0.516. The molecule has 0 saturated carbocycles. The van der Waals surface area contributed by atoms with Crippen LogP contribution >= 0.6 is 0 Å². The lowest BCUT2D eigenvalue weighted by Gasteiger charge is -2.28. The number of aliphatic hydroxyl groups excluding tert-OH is 1. The maximum Gasteiger partial charge on any atom is 0.140 e. The molecule has 4 atom stereocenters. The molecule has 1 unspecified atom stereocenters. The molecule has 0 aliphatic carbocycles. The summed E-state index contributed by atoms with van der Waals surface area (Å²) in [6.45, 7) is 2.99. The van der Waals surface area contributed by atoms with Gasteiger partial charge < -0.3 is 23.8 Å². The molecule has 0 amide bonds. The maximum absolute atomic E-state index is 9.61. The molecular formula is C13H22NO4+. The first-order valence-corrected chi connectivity index (χ1v) is 6.32. The third-order valence-corrected chi connectivity index (χ3v) is 3.53. The molecular weight excluding hydrogens is 234 g/mol. The Balaban J connectivity index is 1.74. The van der Waals surface area contributed by atoms with Crippen molar-refractivity contribution in [2.45, 2.75) is 24.4 Å². The minimum absolute atomic E-state index is 0.0713. The first-order valence-electron chi connectivity index (χ1n) is 6.32. The van der Waals surface area contributed by atoms with E-state index in [-0.39, 0.29) is 18.3 Å². The summed E-state index contributed by atoms with van der Waals surface area (Å²) in [5.41, 5.74) is 0. The van der Waals surface area contributed by atoms with Crippen LogP contribution in [0.4, 0.5) is 0 Å². The molecule has 2 rings (SSSR count). The summed E-state index contributed by atoms with van der Waals surface area (Å²) in [6.07, 6.45) is 4.39. The van der Waals surface area contributed by atoms with Gasteiger partial charge in [0.25, 0.3) is 0 Å². The number of ether oxygens (including phenoxy) is 3. The number of hydrogen-bond acceptors (Lipinski definition) is 4. The van der Waals surface area contributed by atoms with E-state index in [1.165, 1.54) is 0 Å². The number of terminal acetylenes is 1. The van der Waals surface area contributed by atoms with E-state index in [1.54, 1.807) is 0 Å². The number of rotatable bonds is 5. The first-order chi connectivity index (χ1) is 8.53. The van der Waals surface area contributed by atoms with Crippen molar-refractivity contribution in [1.82, 2.24) is 0 Å². The predicted molar refractivity (Wildman–Crippen MR) is 65.9 cm³/mol. The van der Waals surface area contributed by atoms with Crippen LogP contribution in [0.5, 0.6) is 0 Å². The SMILES string of the molecule is C#CC[N+](C)(C)CCOC1CO[C@@H]2[C@H](O)CO[C@H]12. The highest BCUT2D eigenvalue weighted by molar-refractivity contribution is 4.94. The number of aliphatic hydroxyl groups is 1. The summed E-state index contributed by atoms with van der Waals surface area (Å²) >= 11 is 0. The molecule has 0 aromatic rings. The summed E-state index contributed by atoms with van der Waals surface area (Å²) in [4.78, 5) is 0. The lowest BCUT2D eigenvalue weighted by Crippen LogP contribution is -2.43. The van der Waals surface area contributed by atoms with Crippen molar-refractivity contribution in [3.05, 3.63) is 0 Å². The molecule has 5 heteroatoms. The molecule has 2 aliphatic rings. The lowest BCUT2D eigenvalue weighted by atomic mass is 10.1. The molecule has 102 valence electrons. The van der Waals surface area contributed by atoms with E-state index >= 15 is 0 Å². The van der Waals surface area contributed by atoms with Crippen molar-refractivity contribution >= 4 is 0 Å². The lowest BCUT2D eigenvalue weighted by molar-refractivity contribution is -0.883. The Morgan fingerprint density at radius 3 is 2.78 bits per heavy atom. The van der Waals surface area contributed by atoms with Gasteiger partial charge in [-0.3, -0.25) is 0 Å². The largest absolute Gasteiger partial charge is 0.388 e. The Labute approximate surface area is 108 Å². The zero-order valence-electron chi connectivity index (χ0n) is 11.0. The van der Waals surface area contributed by atoms with E-state index in [4.69, 9.17) is 20.6 Å². The molecule has 0 radical (unpaired) electrons. The van der Waals surface area contributed by atoms with Gasteiger partial charge in [-0.1, -0.05) is 0 Å². The molecule has 2 heterocycles. The second kappa shape index (κ2) is 5.55. The van der Waals surface area contributed by atoms with Gasteiger partial charge in [-0.05, 0) is 5.92 Å². The average Bonchev–Trinajstić information content (AvgIpc) is 2.83. The van der Waals surface area contributed by atoms with Gasteiger partial charge in [0.05, 0.1) is 33.9 Å². The Morgan fingerprint density at radius 1 is 1.33 bits per heavy atom. The van der Waals surface area contributed by atoms with E-state index in [1.807, 2.05) is 0 Å². The standard InChI is InChI=1S/C13H22NO4/c1-4-5-14(2,3)6-7-16-11-9-18-12-10(15)8-17-13(11)12/h1,10-13,15H,5-9H2,2-3H3/q+1/t10-,11?,12-,13-/m1/s1. The maximum atomic E-state index is 9.61. The fourth-order valence-corrected chi connectivity index (χ4v) is 2.36. The van der Waals surface area contributed by atoms with Gasteiger partial charge in [0, 0.05) is 0 Å². The normalized spacial score (nSPS) is 35.4. The number of fused-ring (bicyclic) bond motifs is 1. The van der Waals surface area contributed by atoms with Crippen molar-refractivity contribution in [3.63, 3.8) is 0 Å². The van der Waals surface area contributed by atoms with Gasteiger partial charge in [0.15, 0.2) is 0 Å². The Bertz CT molecular complexity index is 325. The summed E-state index contributed by atoms with van der Waals surface area (Å²) < 4.78 is 17.5. The fourth-order valence-electron chi connectivity index (χ4n) is 2.36. The van der Waals surface area contributed by atoms with Crippen LogP contribution in [0.3, 0.4) is 0 Å². The second-order valence-electron chi connectivity index (χ2n) is 5.59. The van der Waals surface area contributed by atoms with Gasteiger partial charge in [-0.15, -0.1) is 6.42 Å². The molecule has 0 aromatic carbocycles. The van der Waals surface area contributed by atoms with Crippen molar-refractivity contribution in [1.29, 1.82) is 0 Å². The van der Waals surface area contributed by atoms with Crippen LogP contribution in [0.25, 0.3) is 0 Å². The number of likely N-dealkylation sites (N-methyl/N-ethyl adjacent to an activating group) is 1. The van der Waals surface area contributed by atoms with Gasteiger partial charge >= 0.3 is 0 Å². The summed E-state index contributed by atoms with van der Waals surface area (Å²) in [5, 5.41) is 9.61. The van der Waals surface area contributed by atoms with Crippen LogP contribution in [-0.2, 0) is 14.2 Å².